The molecule has 28 heavy (non-hydrogen) atoms. The van der Waals surface area contributed by atoms with Gasteiger partial charge in [-0.1, -0.05) is 103 Å². The van der Waals surface area contributed by atoms with E-state index in [1.807, 2.05) is 72.8 Å². The summed E-state index contributed by atoms with van der Waals surface area (Å²) in [5.41, 5.74) is 5.55. The Morgan fingerprint density at radius 1 is 0.786 bits per heavy atom. The molecule has 0 aliphatic heterocycles. The van der Waals surface area contributed by atoms with E-state index in [0.29, 0.717) is 0 Å². The molecule has 3 aromatic carbocycles. The van der Waals surface area contributed by atoms with Gasteiger partial charge in [0.2, 0.25) is 5.91 Å². The van der Waals surface area contributed by atoms with Crippen LogP contribution in [0.4, 0.5) is 0 Å². The van der Waals surface area contributed by atoms with Gasteiger partial charge in [0.05, 0.1) is 5.92 Å². The number of likely N-dealkylation sites (N-methyl/N-ethyl adjacent to an activating group) is 1. The van der Waals surface area contributed by atoms with Crippen LogP contribution in [0.2, 0.25) is 0 Å². The van der Waals surface area contributed by atoms with Crippen molar-refractivity contribution in [3.63, 3.8) is 0 Å². The van der Waals surface area contributed by atoms with Gasteiger partial charge < -0.3 is 5.32 Å². The molecule has 0 spiro atoms. The Morgan fingerprint density at radius 2 is 1.29 bits per heavy atom. The van der Waals surface area contributed by atoms with Gasteiger partial charge in [-0.15, -0.1) is 0 Å². The van der Waals surface area contributed by atoms with Crippen molar-refractivity contribution in [1.82, 2.24) is 5.32 Å². The Hall–Kier alpha value is -3.39. The Morgan fingerprint density at radius 3 is 1.82 bits per heavy atom. The van der Waals surface area contributed by atoms with Crippen LogP contribution in [0.25, 0.3) is 11.1 Å². The van der Waals surface area contributed by atoms with Crippen LogP contribution >= 0.6 is 0 Å². The lowest BCUT2D eigenvalue weighted by Gasteiger charge is -2.14. The molecule has 1 unspecified atom stereocenters. The molecule has 2 heteroatoms. The lowest BCUT2D eigenvalue weighted by atomic mass is 9.92. The highest BCUT2D eigenvalue weighted by atomic mass is 16.1. The second-order valence-electron chi connectivity index (χ2n) is 6.63. The molecule has 1 N–H and O–H groups in total. The van der Waals surface area contributed by atoms with Gasteiger partial charge in [-0.25, -0.2) is 0 Å². The number of allylic oxidation sites excluding steroid dienone is 3. The number of rotatable bonds is 6. The third-order valence-electron chi connectivity index (χ3n) is 4.84. The molecule has 2 nitrogen and oxygen atoms in total. The zero-order chi connectivity index (χ0) is 19.8. The number of amides is 1. The zero-order valence-electron chi connectivity index (χ0n) is 16.3. The molecule has 3 rings (SSSR count). The number of hydrogen-bond donors (Lipinski definition) is 1. The van der Waals surface area contributed by atoms with Gasteiger partial charge in [-0.2, -0.15) is 0 Å². The summed E-state index contributed by atoms with van der Waals surface area (Å²) in [6.07, 6.45) is 4.06. The van der Waals surface area contributed by atoms with Crippen LogP contribution in [0, 0.1) is 0 Å². The Kier molecular flexibility index (Phi) is 6.59. The van der Waals surface area contributed by atoms with Crippen LogP contribution in [-0.4, -0.2) is 13.0 Å². The lowest BCUT2D eigenvalue weighted by Crippen LogP contribution is -2.24. The zero-order valence-corrected chi connectivity index (χ0v) is 16.3. The molecule has 0 saturated heterocycles. The molecule has 140 valence electrons. The van der Waals surface area contributed by atoms with Gasteiger partial charge in [0, 0.05) is 7.05 Å². The molecule has 0 bridgehead atoms. The summed E-state index contributed by atoms with van der Waals surface area (Å²) in [4.78, 5) is 12.5. The van der Waals surface area contributed by atoms with Gasteiger partial charge >= 0.3 is 0 Å². The molecule has 0 heterocycles. The topological polar surface area (TPSA) is 29.1 Å². The summed E-state index contributed by atoms with van der Waals surface area (Å²) in [7, 11) is 1.68. The molecule has 0 saturated carbocycles. The van der Waals surface area contributed by atoms with Gasteiger partial charge in [0.1, 0.15) is 0 Å². The van der Waals surface area contributed by atoms with E-state index in [-0.39, 0.29) is 11.8 Å². The van der Waals surface area contributed by atoms with Crippen molar-refractivity contribution >= 4 is 17.1 Å². The Bertz CT molecular complexity index is 957. The summed E-state index contributed by atoms with van der Waals surface area (Å²) in [6.45, 7) is 2.12. The van der Waals surface area contributed by atoms with Gasteiger partial charge in [0.15, 0.2) is 0 Å². The standard InChI is InChI=1S/C26H25NO/c1-20(21-12-6-3-7-13-21)24(22-14-8-4-9-15-22)18-19-25(26(28)27-2)23-16-10-5-11-17-23/h3-19,25H,1-2H3,(H,27,28)/b19-18-,24-20+. The first-order valence-electron chi connectivity index (χ1n) is 9.47. The monoisotopic (exact) mass is 367 g/mol. The highest BCUT2D eigenvalue weighted by Gasteiger charge is 2.16. The molecule has 0 fully saturated rings. The molecule has 3 aromatic rings. The van der Waals surface area contributed by atoms with Crippen LogP contribution in [0.15, 0.2) is 103 Å². The molecule has 0 radical (unpaired) electrons. The Balaban J connectivity index is 2.07. The summed E-state index contributed by atoms with van der Waals surface area (Å²) in [6, 6.07) is 30.5. The lowest BCUT2D eigenvalue weighted by molar-refractivity contribution is -0.121. The van der Waals surface area contributed by atoms with Crippen molar-refractivity contribution in [1.29, 1.82) is 0 Å². The highest BCUT2D eigenvalue weighted by Crippen LogP contribution is 2.29. The molecule has 0 aliphatic rings. The van der Waals surface area contributed by atoms with E-state index in [1.165, 1.54) is 11.1 Å². The molecule has 1 amide bonds. The van der Waals surface area contributed by atoms with Gasteiger partial charge in [-0.05, 0) is 34.8 Å². The largest absolute Gasteiger partial charge is 0.358 e. The molecule has 0 aromatic heterocycles. The Labute approximate surface area is 167 Å². The molecular formula is C26H25NO. The van der Waals surface area contributed by atoms with E-state index in [2.05, 4.69) is 42.6 Å². The van der Waals surface area contributed by atoms with Crippen molar-refractivity contribution in [2.24, 2.45) is 0 Å². The smallest absolute Gasteiger partial charge is 0.231 e. The van der Waals surface area contributed by atoms with Crippen LogP contribution in [0.1, 0.15) is 29.5 Å². The van der Waals surface area contributed by atoms with E-state index >= 15 is 0 Å². The van der Waals surface area contributed by atoms with E-state index in [4.69, 9.17) is 0 Å². The number of benzene rings is 3. The number of nitrogens with one attached hydrogen (secondary N) is 1. The van der Waals surface area contributed by atoms with Crippen molar-refractivity contribution in [2.75, 3.05) is 7.05 Å². The minimum atomic E-state index is -0.339. The minimum absolute atomic E-state index is 0.0211. The first-order chi connectivity index (χ1) is 13.7. The van der Waals surface area contributed by atoms with E-state index in [1.54, 1.807) is 7.05 Å². The van der Waals surface area contributed by atoms with Crippen molar-refractivity contribution < 1.29 is 4.79 Å². The number of carbonyl (C=O) groups is 1. The second kappa shape index (κ2) is 9.52. The van der Waals surface area contributed by atoms with Crippen molar-refractivity contribution in [3.8, 4) is 0 Å². The fraction of sp³-hybridized carbons (Fsp3) is 0.115. The van der Waals surface area contributed by atoms with Crippen LogP contribution in [0.3, 0.4) is 0 Å². The number of carbonyl (C=O) groups excluding carboxylic acids is 1. The molecular weight excluding hydrogens is 342 g/mol. The second-order valence-corrected chi connectivity index (χ2v) is 6.63. The first kappa shape index (κ1) is 19.4. The fourth-order valence-electron chi connectivity index (χ4n) is 3.26. The van der Waals surface area contributed by atoms with Crippen molar-refractivity contribution in [2.45, 2.75) is 12.8 Å². The SMILES string of the molecule is CNC(=O)C(/C=C\C(=C(\C)c1ccccc1)c1ccccc1)c1ccccc1. The van der Waals surface area contributed by atoms with Gasteiger partial charge in [0.25, 0.3) is 0 Å². The van der Waals surface area contributed by atoms with E-state index in [0.717, 1.165) is 16.7 Å². The number of hydrogen-bond acceptors (Lipinski definition) is 1. The average Bonchev–Trinajstić information content (AvgIpc) is 2.78. The van der Waals surface area contributed by atoms with Crippen LogP contribution < -0.4 is 5.32 Å². The predicted molar refractivity (Wildman–Crippen MR) is 118 cm³/mol. The van der Waals surface area contributed by atoms with E-state index < -0.39 is 0 Å². The van der Waals surface area contributed by atoms with Gasteiger partial charge in [-0.3, -0.25) is 4.79 Å². The molecule has 1 atom stereocenters. The summed E-state index contributed by atoms with van der Waals surface area (Å²) < 4.78 is 0. The van der Waals surface area contributed by atoms with Crippen molar-refractivity contribution in [3.05, 3.63) is 120 Å². The third kappa shape index (κ3) is 4.66. The quantitative estimate of drug-likeness (QED) is 0.439. The highest BCUT2D eigenvalue weighted by molar-refractivity contribution is 5.95. The summed E-state index contributed by atoms with van der Waals surface area (Å²) in [5, 5.41) is 2.78. The maximum absolute atomic E-state index is 12.5. The van der Waals surface area contributed by atoms with Crippen LogP contribution in [0.5, 0.6) is 0 Å². The van der Waals surface area contributed by atoms with Crippen LogP contribution in [-0.2, 0) is 4.79 Å². The normalized spacial score (nSPS) is 13.1. The fourth-order valence-corrected chi connectivity index (χ4v) is 3.26. The third-order valence-corrected chi connectivity index (χ3v) is 4.84. The van der Waals surface area contributed by atoms with E-state index in [9.17, 15) is 4.79 Å². The predicted octanol–water partition coefficient (Wildman–Crippen LogP) is 5.70. The first-order valence-corrected chi connectivity index (χ1v) is 9.47. The minimum Gasteiger partial charge on any atom is -0.358 e. The summed E-state index contributed by atoms with van der Waals surface area (Å²) in [5.74, 6) is -0.360. The maximum Gasteiger partial charge on any atom is 0.231 e. The average molecular weight is 367 g/mol. The maximum atomic E-state index is 12.5. The molecule has 0 aliphatic carbocycles. The summed E-state index contributed by atoms with van der Waals surface area (Å²) >= 11 is 0.